The van der Waals surface area contributed by atoms with Crippen LogP contribution >= 0.6 is 12.6 Å². The topological polar surface area (TPSA) is 55.8 Å². The molecule has 5 nitrogen and oxygen atoms in total. The van der Waals surface area contributed by atoms with Crippen LogP contribution in [-0.4, -0.2) is 42.1 Å². The molecule has 0 aromatic rings. The van der Waals surface area contributed by atoms with Crippen molar-refractivity contribution in [2.75, 3.05) is 19.8 Å². The van der Waals surface area contributed by atoms with Crippen LogP contribution in [0.2, 0.25) is 0 Å². The summed E-state index contributed by atoms with van der Waals surface area (Å²) in [6.07, 6.45) is 0.755. The van der Waals surface area contributed by atoms with Gasteiger partial charge in [0.15, 0.2) is 0 Å². The Morgan fingerprint density at radius 1 is 1.29 bits per heavy atom. The highest BCUT2D eigenvalue weighted by Crippen LogP contribution is 2.26. The molecule has 1 aliphatic heterocycles. The van der Waals surface area contributed by atoms with Gasteiger partial charge in [-0.05, 0) is 26.7 Å². The van der Waals surface area contributed by atoms with Gasteiger partial charge < -0.3 is 9.47 Å². The first-order valence-electron chi connectivity index (χ1n) is 5.88. The summed E-state index contributed by atoms with van der Waals surface area (Å²) in [4.78, 5) is 24.6. The standard InChI is InChI=1S/C11H19NO4S/c1-3-15-10(13)8-5-6-12(9(17)7-8)11(14)16-4-2/h8-9,17H,3-7H2,1-2H3. The summed E-state index contributed by atoms with van der Waals surface area (Å²) in [6, 6.07) is 0. The lowest BCUT2D eigenvalue weighted by atomic mass is 9.97. The maximum atomic E-state index is 11.6. The summed E-state index contributed by atoms with van der Waals surface area (Å²) in [5.41, 5.74) is 0. The van der Waals surface area contributed by atoms with E-state index in [-0.39, 0.29) is 23.4 Å². The molecule has 0 aromatic carbocycles. The SMILES string of the molecule is CCOC(=O)C1CCN(C(=O)OCC)C(S)C1. The normalized spacial score (nSPS) is 24.3. The van der Waals surface area contributed by atoms with E-state index in [1.54, 1.807) is 18.7 Å². The smallest absolute Gasteiger partial charge is 0.410 e. The number of ether oxygens (including phenoxy) is 2. The molecule has 0 bridgehead atoms. The number of esters is 1. The number of thiol groups is 1. The molecule has 0 aliphatic carbocycles. The number of carbonyl (C=O) groups excluding carboxylic acids is 2. The first kappa shape index (κ1) is 14.2. The van der Waals surface area contributed by atoms with Crippen molar-refractivity contribution in [1.29, 1.82) is 0 Å². The fraction of sp³-hybridized carbons (Fsp3) is 0.818. The highest BCUT2D eigenvalue weighted by molar-refractivity contribution is 7.80. The van der Waals surface area contributed by atoms with Gasteiger partial charge in [-0.25, -0.2) is 4.79 Å². The molecular weight excluding hydrogens is 242 g/mol. The average molecular weight is 261 g/mol. The van der Waals surface area contributed by atoms with E-state index in [0.717, 1.165) is 0 Å². The van der Waals surface area contributed by atoms with Crippen molar-refractivity contribution in [2.45, 2.75) is 32.1 Å². The molecule has 2 atom stereocenters. The number of piperidine rings is 1. The summed E-state index contributed by atoms with van der Waals surface area (Å²) in [6.45, 7) is 4.75. The van der Waals surface area contributed by atoms with Gasteiger partial charge in [-0.1, -0.05) is 0 Å². The van der Waals surface area contributed by atoms with Crippen LogP contribution in [0, 0.1) is 5.92 Å². The Balaban J connectivity index is 2.49. The summed E-state index contributed by atoms with van der Waals surface area (Å²) in [7, 11) is 0. The molecule has 1 heterocycles. The number of carbonyl (C=O) groups is 2. The van der Waals surface area contributed by atoms with Gasteiger partial charge in [-0.2, -0.15) is 12.6 Å². The van der Waals surface area contributed by atoms with Crippen LogP contribution in [0.5, 0.6) is 0 Å². The van der Waals surface area contributed by atoms with Gasteiger partial charge in [-0.3, -0.25) is 9.69 Å². The Morgan fingerprint density at radius 3 is 2.47 bits per heavy atom. The molecule has 0 spiro atoms. The van der Waals surface area contributed by atoms with Crippen molar-refractivity contribution in [3.05, 3.63) is 0 Å². The van der Waals surface area contributed by atoms with E-state index in [1.165, 1.54) is 0 Å². The van der Waals surface area contributed by atoms with E-state index in [1.807, 2.05) is 0 Å². The van der Waals surface area contributed by atoms with E-state index in [9.17, 15) is 9.59 Å². The van der Waals surface area contributed by atoms with Crippen molar-refractivity contribution in [1.82, 2.24) is 4.90 Å². The van der Waals surface area contributed by atoms with Crippen molar-refractivity contribution < 1.29 is 19.1 Å². The molecule has 17 heavy (non-hydrogen) atoms. The summed E-state index contributed by atoms with van der Waals surface area (Å²) < 4.78 is 9.88. The van der Waals surface area contributed by atoms with Crippen LogP contribution < -0.4 is 0 Å². The zero-order chi connectivity index (χ0) is 12.8. The Labute approximate surface area is 107 Å². The van der Waals surface area contributed by atoms with E-state index in [0.29, 0.717) is 32.6 Å². The minimum atomic E-state index is -0.366. The maximum absolute atomic E-state index is 11.6. The van der Waals surface area contributed by atoms with E-state index < -0.39 is 0 Å². The molecule has 1 saturated heterocycles. The van der Waals surface area contributed by atoms with Crippen LogP contribution in [0.25, 0.3) is 0 Å². The third-order valence-corrected chi connectivity index (χ3v) is 3.19. The molecular formula is C11H19NO4S. The van der Waals surface area contributed by atoms with Gasteiger partial charge in [0.1, 0.15) is 0 Å². The number of hydrogen-bond acceptors (Lipinski definition) is 5. The van der Waals surface area contributed by atoms with Crippen LogP contribution in [0.1, 0.15) is 26.7 Å². The van der Waals surface area contributed by atoms with Gasteiger partial charge in [0.25, 0.3) is 0 Å². The third-order valence-electron chi connectivity index (χ3n) is 2.70. The Morgan fingerprint density at radius 2 is 1.94 bits per heavy atom. The zero-order valence-corrected chi connectivity index (χ0v) is 11.1. The Bertz CT molecular complexity index is 285. The monoisotopic (exact) mass is 261 g/mol. The summed E-state index contributed by atoms with van der Waals surface area (Å²) in [5, 5.41) is -0.280. The quantitative estimate of drug-likeness (QED) is 0.620. The van der Waals surface area contributed by atoms with Crippen LogP contribution in [-0.2, 0) is 14.3 Å². The maximum Gasteiger partial charge on any atom is 0.410 e. The van der Waals surface area contributed by atoms with Crippen molar-refractivity contribution >= 4 is 24.7 Å². The molecule has 0 aromatic heterocycles. The molecule has 1 rings (SSSR count). The van der Waals surface area contributed by atoms with Crippen LogP contribution in [0.3, 0.4) is 0 Å². The fourth-order valence-electron chi connectivity index (χ4n) is 1.84. The third kappa shape index (κ3) is 3.80. The largest absolute Gasteiger partial charge is 0.466 e. The van der Waals surface area contributed by atoms with E-state index in [4.69, 9.17) is 9.47 Å². The second kappa shape index (κ2) is 6.74. The van der Waals surface area contributed by atoms with Crippen molar-refractivity contribution in [3.8, 4) is 0 Å². The highest BCUT2D eigenvalue weighted by atomic mass is 32.1. The minimum absolute atomic E-state index is 0.164. The van der Waals surface area contributed by atoms with Gasteiger partial charge >= 0.3 is 12.1 Å². The van der Waals surface area contributed by atoms with E-state index in [2.05, 4.69) is 12.6 Å². The number of nitrogens with zero attached hydrogens (tertiary/aromatic N) is 1. The predicted molar refractivity (Wildman–Crippen MR) is 65.9 cm³/mol. The van der Waals surface area contributed by atoms with Crippen molar-refractivity contribution in [3.63, 3.8) is 0 Å². The van der Waals surface area contributed by atoms with Gasteiger partial charge in [-0.15, -0.1) is 0 Å². The van der Waals surface area contributed by atoms with Crippen LogP contribution in [0.4, 0.5) is 4.79 Å². The van der Waals surface area contributed by atoms with Gasteiger partial charge in [0.2, 0.25) is 0 Å². The van der Waals surface area contributed by atoms with E-state index >= 15 is 0 Å². The number of amides is 1. The zero-order valence-electron chi connectivity index (χ0n) is 10.2. The molecule has 98 valence electrons. The van der Waals surface area contributed by atoms with Gasteiger partial charge in [0, 0.05) is 6.54 Å². The molecule has 0 radical (unpaired) electrons. The lowest BCUT2D eigenvalue weighted by Crippen LogP contribution is -2.45. The Hall–Kier alpha value is -0.910. The first-order chi connectivity index (χ1) is 8.10. The van der Waals surface area contributed by atoms with Gasteiger partial charge in [0.05, 0.1) is 24.5 Å². The van der Waals surface area contributed by atoms with Crippen LogP contribution in [0.15, 0.2) is 0 Å². The summed E-state index contributed by atoms with van der Waals surface area (Å²) in [5.74, 6) is -0.363. The highest BCUT2D eigenvalue weighted by Gasteiger charge is 2.34. The lowest BCUT2D eigenvalue weighted by Gasteiger charge is -2.35. The number of likely N-dealkylation sites (tertiary alicyclic amines) is 1. The second-order valence-electron chi connectivity index (χ2n) is 3.85. The first-order valence-corrected chi connectivity index (χ1v) is 6.39. The molecule has 1 fully saturated rings. The minimum Gasteiger partial charge on any atom is -0.466 e. The molecule has 1 amide bonds. The molecule has 6 heteroatoms. The molecule has 2 unspecified atom stereocenters. The number of rotatable bonds is 3. The second-order valence-corrected chi connectivity index (χ2v) is 4.44. The predicted octanol–water partition coefficient (Wildman–Crippen LogP) is 1.67. The summed E-state index contributed by atoms with van der Waals surface area (Å²) >= 11 is 4.33. The lowest BCUT2D eigenvalue weighted by molar-refractivity contribution is -0.149. The molecule has 0 saturated carbocycles. The fourth-order valence-corrected chi connectivity index (χ4v) is 2.30. The number of hydrogen-bond donors (Lipinski definition) is 1. The van der Waals surface area contributed by atoms with Crippen molar-refractivity contribution in [2.24, 2.45) is 5.92 Å². The molecule has 0 N–H and O–H groups in total. The molecule has 1 aliphatic rings. The average Bonchev–Trinajstić information content (AvgIpc) is 2.29. The Kier molecular flexibility index (Phi) is 5.61.